The van der Waals surface area contributed by atoms with Crippen LogP contribution in [0.2, 0.25) is 0 Å². The molecule has 0 aliphatic rings. The van der Waals surface area contributed by atoms with Gasteiger partial charge in [0.25, 0.3) is 0 Å². The van der Waals surface area contributed by atoms with Gasteiger partial charge >= 0.3 is 5.69 Å². The Hall–Kier alpha value is -3.27. The minimum absolute atomic E-state index is 0.0364. The third-order valence-corrected chi connectivity index (χ3v) is 5.16. The lowest BCUT2D eigenvalue weighted by Crippen LogP contribution is -2.21. The van der Waals surface area contributed by atoms with Gasteiger partial charge in [-0.2, -0.15) is 4.98 Å². The summed E-state index contributed by atoms with van der Waals surface area (Å²) in [7, 11) is 3.20. The van der Waals surface area contributed by atoms with Gasteiger partial charge in [0.1, 0.15) is 17.8 Å². The molecule has 1 N–H and O–H groups in total. The highest BCUT2D eigenvalue weighted by Crippen LogP contribution is 2.31. The first kappa shape index (κ1) is 17.2. The number of amides is 1. The lowest BCUT2D eigenvalue weighted by Gasteiger charge is -2.04. The highest BCUT2D eigenvalue weighted by molar-refractivity contribution is 7.22. The fraction of sp³-hybridized carbons (Fsp3) is 0.235. The Morgan fingerprint density at radius 2 is 2.15 bits per heavy atom. The Kier molecular flexibility index (Phi) is 4.11. The molecule has 0 aliphatic heterocycles. The standard InChI is InChI=1S/C17H16N6O3S/c1-9-4-13-10(5-12(9)26-3)20-16(27-13)21-14(24)7-23-8-19-15-11(23)6-18-17(25)22(15)2/h4-6,8H,7H2,1-3H3,(H,20,21,24). The average molecular weight is 384 g/mol. The van der Waals surface area contributed by atoms with E-state index in [9.17, 15) is 9.59 Å². The Balaban J connectivity index is 1.57. The molecule has 1 aromatic carbocycles. The van der Waals surface area contributed by atoms with Crippen LogP contribution in [0, 0.1) is 6.92 Å². The van der Waals surface area contributed by atoms with Crippen LogP contribution in [-0.2, 0) is 18.4 Å². The molecule has 1 amide bonds. The van der Waals surface area contributed by atoms with E-state index < -0.39 is 5.69 Å². The monoisotopic (exact) mass is 384 g/mol. The van der Waals surface area contributed by atoms with E-state index >= 15 is 0 Å². The van der Waals surface area contributed by atoms with Crippen LogP contribution in [-0.4, -0.2) is 37.1 Å². The van der Waals surface area contributed by atoms with Crippen LogP contribution in [0.4, 0.5) is 5.13 Å². The number of fused-ring (bicyclic) bond motifs is 2. The third-order valence-electron chi connectivity index (χ3n) is 4.23. The van der Waals surface area contributed by atoms with Gasteiger partial charge in [-0.3, -0.25) is 9.36 Å². The van der Waals surface area contributed by atoms with Crippen molar-refractivity contribution in [1.82, 2.24) is 24.1 Å². The zero-order valence-electron chi connectivity index (χ0n) is 14.9. The summed E-state index contributed by atoms with van der Waals surface area (Å²) in [6.07, 6.45) is 2.93. The largest absolute Gasteiger partial charge is 0.496 e. The number of aryl methyl sites for hydroxylation is 2. The molecule has 0 radical (unpaired) electrons. The molecular formula is C17H16N6O3S. The number of hydrogen-bond donors (Lipinski definition) is 1. The van der Waals surface area contributed by atoms with Gasteiger partial charge in [0.05, 0.1) is 29.9 Å². The molecule has 4 aromatic rings. The van der Waals surface area contributed by atoms with E-state index in [2.05, 4.69) is 20.3 Å². The minimum atomic E-state index is -0.391. The van der Waals surface area contributed by atoms with Gasteiger partial charge in [-0.25, -0.2) is 14.8 Å². The van der Waals surface area contributed by atoms with Crippen molar-refractivity contribution < 1.29 is 9.53 Å². The molecule has 0 fully saturated rings. The van der Waals surface area contributed by atoms with Crippen molar-refractivity contribution >= 4 is 43.8 Å². The van der Waals surface area contributed by atoms with Gasteiger partial charge in [0.2, 0.25) is 5.91 Å². The predicted molar refractivity (Wildman–Crippen MR) is 102 cm³/mol. The molecule has 0 saturated heterocycles. The van der Waals surface area contributed by atoms with Crippen LogP contribution in [0.15, 0.2) is 29.5 Å². The first-order valence-electron chi connectivity index (χ1n) is 8.08. The molecule has 138 valence electrons. The van der Waals surface area contributed by atoms with Crippen molar-refractivity contribution in [2.24, 2.45) is 7.05 Å². The molecule has 0 saturated carbocycles. The van der Waals surface area contributed by atoms with Gasteiger partial charge in [-0.1, -0.05) is 11.3 Å². The Bertz CT molecular complexity index is 1240. The number of methoxy groups -OCH3 is 1. The number of imidazole rings is 1. The van der Waals surface area contributed by atoms with Gasteiger partial charge in [0.15, 0.2) is 10.8 Å². The number of anilines is 1. The zero-order chi connectivity index (χ0) is 19.1. The van der Waals surface area contributed by atoms with E-state index in [1.165, 1.54) is 28.4 Å². The van der Waals surface area contributed by atoms with Crippen LogP contribution in [0.25, 0.3) is 21.4 Å². The molecule has 10 heteroatoms. The number of carbonyl (C=O) groups excluding carboxylic acids is 1. The van der Waals surface area contributed by atoms with Crippen LogP contribution < -0.4 is 15.7 Å². The second kappa shape index (κ2) is 6.47. The summed E-state index contributed by atoms with van der Waals surface area (Å²) in [5.74, 6) is 0.513. The Morgan fingerprint density at radius 1 is 1.33 bits per heavy atom. The maximum Gasteiger partial charge on any atom is 0.349 e. The van der Waals surface area contributed by atoms with Crippen molar-refractivity contribution in [3.8, 4) is 5.75 Å². The van der Waals surface area contributed by atoms with Gasteiger partial charge in [0, 0.05) is 13.1 Å². The van der Waals surface area contributed by atoms with Crippen LogP contribution in [0.5, 0.6) is 5.75 Å². The number of nitrogens with zero attached hydrogens (tertiary/aromatic N) is 5. The number of nitrogens with one attached hydrogen (secondary N) is 1. The number of benzene rings is 1. The minimum Gasteiger partial charge on any atom is -0.496 e. The van der Waals surface area contributed by atoms with E-state index in [0.717, 1.165) is 21.5 Å². The Labute approximate surface area is 157 Å². The first-order chi connectivity index (χ1) is 13.0. The fourth-order valence-corrected chi connectivity index (χ4v) is 3.80. The first-order valence-corrected chi connectivity index (χ1v) is 8.90. The van der Waals surface area contributed by atoms with E-state index in [0.29, 0.717) is 16.3 Å². The molecule has 4 rings (SSSR count). The lowest BCUT2D eigenvalue weighted by molar-refractivity contribution is -0.116. The quantitative estimate of drug-likeness (QED) is 0.574. The van der Waals surface area contributed by atoms with Crippen molar-refractivity contribution in [1.29, 1.82) is 0 Å². The lowest BCUT2D eigenvalue weighted by atomic mass is 10.2. The summed E-state index contributed by atoms with van der Waals surface area (Å²) in [6, 6.07) is 3.84. The average Bonchev–Trinajstić information content (AvgIpc) is 3.20. The smallest absolute Gasteiger partial charge is 0.349 e. The van der Waals surface area contributed by atoms with Crippen molar-refractivity contribution in [2.45, 2.75) is 13.5 Å². The predicted octanol–water partition coefficient (Wildman–Crippen LogP) is 1.70. The van der Waals surface area contributed by atoms with E-state index in [1.807, 2.05) is 19.1 Å². The summed E-state index contributed by atoms with van der Waals surface area (Å²) in [5, 5.41) is 3.32. The molecule has 0 atom stereocenters. The van der Waals surface area contributed by atoms with Gasteiger partial charge in [-0.05, 0) is 18.6 Å². The number of hydrogen-bond acceptors (Lipinski definition) is 7. The molecule has 0 aliphatic carbocycles. The highest BCUT2D eigenvalue weighted by atomic mass is 32.1. The summed E-state index contributed by atoms with van der Waals surface area (Å²) in [5.41, 5.74) is 2.47. The van der Waals surface area contributed by atoms with Crippen LogP contribution in [0.1, 0.15) is 5.56 Å². The molecule has 0 spiro atoms. The van der Waals surface area contributed by atoms with Crippen LogP contribution in [0.3, 0.4) is 0 Å². The topological polar surface area (TPSA) is 104 Å². The SMILES string of the molecule is COc1cc2nc(NC(=O)Cn3cnc4c3cnc(=O)n4C)sc2cc1C. The normalized spacial score (nSPS) is 11.2. The van der Waals surface area contributed by atoms with Gasteiger partial charge < -0.3 is 14.6 Å². The second-order valence-electron chi connectivity index (χ2n) is 6.04. The van der Waals surface area contributed by atoms with Crippen LogP contribution >= 0.6 is 11.3 Å². The highest BCUT2D eigenvalue weighted by Gasteiger charge is 2.13. The maximum absolute atomic E-state index is 12.4. The fourth-order valence-electron chi connectivity index (χ4n) is 2.83. The number of ether oxygens (including phenoxy) is 1. The van der Waals surface area contributed by atoms with Crippen molar-refractivity contribution in [2.75, 3.05) is 12.4 Å². The molecule has 9 nitrogen and oxygen atoms in total. The number of rotatable bonds is 4. The Morgan fingerprint density at radius 3 is 2.93 bits per heavy atom. The molecule has 0 unspecified atom stereocenters. The summed E-state index contributed by atoms with van der Waals surface area (Å²) >= 11 is 1.40. The zero-order valence-corrected chi connectivity index (χ0v) is 15.7. The van der Waals surface area contributed by atoms with Gasteiger partial charge in [-0.15, -0.1) is 0 Å². The van der Waals surface area contributed by atoms with E-state index in [4.69, 9.17) is 4.74 Å². The maximum atomic E-state index is 12.4. The van der Waals surface area contributed by atoms with E-state index in [1.54, 1.807) is 18.7 Å². The molecule has 27 heavy (non-hydrogen) atoms. The summed E-state index contributed by atoms with van der Waals surface area (Å²) in [4.78, 5) is 36.4. The molecule has 3 heterocycles. The van der Waals surface area contributed by atoms with Crippen molar-refractivity contribution in [3.05, 3.63) is 40.7 Å². The number of aromatic nitrogens is 5. The molecule has 3 aromatic heterocycles. The molecular weight excluding hydrogens is 368 g/mol. The van der Waals surface area contributed by atoms with E-state index in [-0.39, 0.29) is 12.5 Å². The van der Waals surface area contributed by atoms with Crippen molar-refractivity contribution in [3.63, 3.8) is 0 Å². The second-order valence-corrected chi connectivity index (χ2v) is 7.07. The summed E-state index contributed by atoms with van der Waals surface area (Å²) < 4.78 is 9.25. The summed E-state index contributed by atoms with van der Waals surface area (Å²) in [6.45, 7) is 2.00. The number of thiazole rings is 1. The molecule has 0 bridgehead atoms. The third kappa shape index (κ3) is 3.04. The number of carbonyl (C=O) groups is 1.